The lowest BCUT2D eigenvalue weighted by Crippen LogP contribution is -2.41. The van der Waals surface area contributed by atoms with Gasteiger partial charge in [-0.05, 0) is 39.7 Å². The number of allylic oxidation sites excluding steroid dienone is 4. The second-order valence-electron chi connectivity index (χ2n) is 9.84. The predicted molar refractivity (Wildman–Crippen MR) is 139 cm³/mol. The normalized spacial score (nSPS) is 20.1. The third kappa shape index (κ3) is 3.94. The molecule has 11 heteroatoms. The molecule has 5 N–H and O–H groups in total. The number of fused-ring (bicyclic) bond motifs is 3. The fourth-order valence-corrected chi connectivity index (χ4v) is 5.21. The van der Waals surface area contributed by atoms with Crippen molar-refractivity contribution in [2.45, 2.75) is 45.6 Å². The van der Waals surface area contributed by atoms with Crippen molar-refractivity contribution in [2.75, 3.05) is 0 Å². The minimum Gasteiger partial charge on any atom is -0.507 e. The summed E-state index contributed by atoms with van der Waals surface area (Å²) in [5.74, 6) is -2.59. The van der Waals surface area contributed by atoms with Gasteiger partial charge in [0.15, 0.2) is 23.2 Å². The zero-order valence-electron chi connectivity index (χ0n) is 21.6. The number of phenolic OH excluding ortho intramolecular Hbond substituents is 2. The van der Waals surface area contributed by atoms with Crippen molar-refractivity contribution in [3.8, 4) is 17.2 Å². The van der Waals surface area contributed by atoms with Gasteiger partial charge < -0.3 is 20.3 Å². The highest BCUT2D eigenvalue weighted by Gasteiger charge is 2.56. The molecule has 1 aromatic heterocycles. The zero-order chi connectivity index (χ0) is 28.2. The summed E-state index contributed by atoms with van der Waals surface area (Å²) in [6.07, 6.45) is 1.53. The first-order valence-corrected chi connectivity index (χ1v) is 12.2. The summed E-state index contributed by atoms with van der Waals surface area (Å²) in [7, 11) is 0. The Balaban J connectivity index is 1.61. The van der Waals surface area contributed by atoms with Gasteiger partial charge in [-0.15, -0.1) is 0 Å². The van der Waals surface area contributed by atoms with Crippen molar-refractivity contribution in [3.63, 3.8) is 0 Å². The van der Waals surface area contributed by atoms with Crippen molar-refractivity contribution in [1.82, 2.24) is 20.5 Å². The topological polar surface area (TPSA) is 174 Å². The summed E-state index contributed by atoms with van der Waals surface area (Å²) in [6, 6.07) is 8.79. The summed E-state index contributed by atoms with van der Waals surface area (Å²) >= 11 is 0. The van der Waals surface area contributed by atoms with E-state index in [-0.39, 0.29) is 45.3 Å². The van der Waals surface area contributed by atoms with Crippen LogP contribution >= 0.6 is 0 Å². The molecule has 11 nitrogen and oxygen atoms in total. The number of aromatic amines is 2. The molecule has 39 heavy (non-hydrogen) atoms. The van der Waals surface area contributed by atoms with Crippen LogP contribution in [0.5, 0.6) is 17.2 Å². The molecule has 0 amide bonds. The Morgan fingerprint density at radius 3 is 2.44 bits per heavy atom. The second-order valence-corrected chi connectivity index (χ2v) is 9.84. The van der Waals surface area contributed by atoms with Crippen molar-refractivity contribution < 1.29 is 29.3 Å². The Kier molecular flexibility index (Phi) is 6.01. The maximum absolute atomic E-state index is 14.1. The van der Waals surface area contributed by atoms with E-state index in [4.69, 9.17) is 4.74 Å². The monoisotopic (exact) mass is 530 g/mol. The third-order valence-electron chi connectivity index (χ3n) is 7.28. The average molecular weight is 531 g/mol. The zero-order valence-corrected chi connectivity index (χ0v) is 21.6. The fraction of sp³-hybridized carbons (Fsp3) is 0.250. The smallest absolute Gasteiger partial charge is 0.340 e. The van der Waals surface area contributed by atoms with Gasteiger partial charge in [0.2, 0.25) is 0 Å². The SMILES string of the molecule is CC(=O)c1c(O)c(C)c(O)c2c1OC1=CC(=O)/C(=C(/C)NC(Cc3ccccc3)c3n[nH]c(=O)[nH]3)C(=O)[C@@]12C. The van der Waals surface area contributed by atoms with Gasteiger partial charge in [-0.3, -0.25) is 19.4 Å². The number of Topliss-reactive ketones (excluding diaryl/α,β-unsaturated/α-hetero) is 2. The molecule has 2 aliphatic rings. The average Bonchev–Trinajstić information content (AvgIpc) is 3.44. The number of hydrogen-bond acceptors (Lipinski definition) is 9. The van der Waals surface area contributed by atoms with Crippen LogP contribution in [0.3, 0.4) is 0 Å². The first kappa shape index (κ1) is 25.7. The van der Waals surface area contributed by atoms with Gasteiger partial charge in [-0.2, -0.15) is 5.10 Å². The largest absolute Gasteiger partial charge is 0.507 e. The van der Waals surface area contributed by atoms with E-state index < -0.39 is 46.0 Å². The number of ketones is 3. The Morgan fingerprint density at radius 1 is 1.13 bits per heavy atom. The van der Waals surface area contributed by atoms with Gasteiger partial charge in [0.1, 0.15) is 34.0 Å². The molecular formula is C28H26N4O7. The molecule has 200 valence electrons. The first-order valence-electron chi connectivity index (χ1n) is 12.2. The highest BCUT2D eigenvalue weighted by atomic mass is 16.5. The summed E-state index contributed by atoms with van der Waals surface area (Å²) in [4.78, 5) is 54.1. The van der Waals surface area contributed by atoms with Crippen molar-refractivity contribution in [1.29, 1.82) is 0 Å². The number of H-pyrrole nitrogens is 2. The maximum atomic E-state index is 14.1. The minimum atomic E-state index is -1.64. The lowest BCUT2D eigenvalue weighted by Gasteiger charge is -2.29. The van der Waals surface area contributed by atoms with Crippen LogP contribution < -0.4 is 15.7 Å². The highest BCUT2D eigenvalue weighted by Crippen LogP contribution is 2.57. The number of rotatable bonds is 6. The van der Waals surface area contributed by atoms with E-state index in [0.29, 0.717) is 6.42 Å². The first-order chi connectivity index (χ1) is 18.4. The lowest BCUT2D eigenvalue weighted by molar-refractivity contribution is -0.123. The van der Waals surface area contributed by atoms with E-state index >= 15 is 0 Å². The number of ether oxygens (including phenoxy) is 1. The molecule has 5 rings (SSSR count). The summed E-state index contributed by atoms with van der Waals surface area (Å²) in [6.45, 7) is 5.71. The number of phenols is 2. The number of benzene rings is 2. The van der Waals surface area contributed by atoms with Crippen LogP contribution in [0.4, 0.5) is 0 Å². The molecule has 0 saturated carbocycles. The molecule has 0 fully saturated rings. The second kappa shape index (κ2) is 9.12. The van der Waals surface area contributed by atoms with Crippen LogP contribution in [-0.2, 0) is 21.4 Å². The number of nitrogens with zero attached hydrogens (tertiary/aromatic N) is 1. The molecule has 0 spiro atoms. The Morgan fingerprint density at radius 2 is 1.82 bits per heavy atom. The van der Waals surface area contributed by atoms with E-state index in [9.17, 15) is 29.4 Å². The van der Waals surface area contributed by atoms with Crippen LogP contribution in [0.25, 0.3) is 0 Å². The van der Waals surface area contributed by atoms with Crippen LogP contribution in [0.1, 0.15) is 59.7 Å². The van der Waals surface area contributed by atoms with Crippen molar-refractivity contribution in [2.24, 2.45) is 0 Å². The summed E-state index contributed by atoms with van der Waals surface area (Å²) < 4.78 is 5.81. The van der Waals surface area contributed by atoms with E-state index in [0.717, 1.165) is 11.6 Å². The molecule has 1 aliphatic heterocycles. The number of hydrogen-bond donors (Lipinski definition) is 5. The Bertz CT molecular complexity index is 1680. The van der Waals surface area contributed by atoms with E-state index in [2.05, 4.69) is 20.5 Å². The molecule has 2 heterocycles. The summed E-state index contributed by atoms with van der Waals surface area (Å²) in [5, 5.41) is 31.1. The van der Waals surface area contributed by atoms with Gasteiger partial charge >= 0.3 is 5.69 Å². The molecule has 0 saturated heterocycles. The van der Waals surface area contributed by atoms with Gasteiger partial charge in [0, 0.05) is 17.3 Å². The maximum Gasteiger partial charge on any atom is 0.340 e. The number of aromatic nitrogens is 3. The van der Waals surface area contributed by atoms with Crippen LogP contribution in [-0.4, -0.2) is 42.7 Å². The molecule has 0 radical (unpaired) electrons. The van der Waals surface area contributed by atoms with Crippen LogP contribution in [0.15, 0.2) is 58.2 Å². The van der Waals surface area contributed by atoms with Crippen LogP contribution in [0.2, 0.25) is 0 Å². The number of carbonyl (C=O) groups is 3. The third-order valence-corrected chi connectivity index (χ3v) is 7.28. The van der Waals surface area contributed by atoms with Crippen molar-refractivity contribution >= 4 is 17.3 Å². The van der Waals surface area contributed by atoms with Gasteiger partial charge in [-0.1, -0.05) is 30.3 Å². The van der Waals surface area contributed by atoms with E-state index in [1.54, 1.807) is 6.92 Å². The van der Waals surface area contributed by atoms with Gasteiger partial charge in [-0.25, -0.2) is 9.89 Å². The summed E-state index contributed by atoms with van der Waals surface area (Å²) in [5.41, 5.74) is -1.33. The Labute approximate surface area is 222 Å². The number of nitrogens with one attached hydrogen (secondary N) is 3. The Hall–Kier alpha value is -4.93. The van der Waals surface area contributed by atoms with Crippen LogP contribution in [0, 0.1) is 6.92 Å². The quantitative estimate of drug-likeness (QED) is 0.182. The van der Waals surface area contributed by atoms with E-state index in [1.165, 1.54) is 20.8 Å². The fourth-order valence-electron chi connectivity index (χ4n) is 5.21. The highest BCUT2D eigenvalue weighted by molar-refractivity contribution is 6.31. The molecule has 0 bridgehead atoms. The molecule has 1 unspecified atom stereocenters. The molecule has 1 aliphatic carbocycles. The molecule has 3 aromatic rings. The predicted octanol–water partition coefficient (Wildman–Crippen LogP) is 2.55. The van der Waals surface area contributed by atoms with E-state index in [1.807, 2.05) is 30.3 Å². The standard InChI is InChI=1S/C28H26N4O7/c1-12-22(35)20(14(3)33)24-21(23(12)36)28(4)18(39-24)11-17(34)19(25(28)37)13(2)29-16(26-30-27(38)32-31-26)10-15-8-6-5-7-9-15/h5-9,11,16,29,35-36H,10H2,1-4H3,(H2,30,31,32,38)/b19-13+/t16?,28-/m0/s1. The molecule has 2 aromatic carbocycles. The lowest BCUT2D eigenvalue weighted by atomic mass is 9.70. The molecule has 2 atom stereocenters. The van der Waals surface area contributed by atoms with Gasteiger partial charge in [0.05, 0.1) is 17.2 Å². The van der Waals surface area contributed by atoms with Crippen molar-refractivity contribution in [3.05, 3.63) is 92.0 Å². The molecular weight excluding hydrogens is 504 g/mol. The number of aromatic hydroxyl groups is 2. The number of carbonyl (C=O) groups excluding carboxylic acids is 3. The minimum absolute atomic E-state index is 0.00881. The van der Waals surface area contributed by atoms with Gasteiger partial charge in [0.25, 0.3) is 0 Å².